The Balaban J connectivity index is 1.73. The molecule has 0 aliphatic rings. The molecule has 0 atom stereocenters. The van der Waals surface area contributed by atoms with E-state index in [9.17, 15) is 0 Å². The molecular formula is C20H22N4S. The number of aromatic nitrogens is 3. The predicted octanol–water partition coefficient (Wildman–Crippen LogP) is 5.52. The molecular weight excluding hydrogens is 328 g/mol. The van der Waals surface area contributed by atoms with E-state index >= 15 is 0 Å². The molecule has 0 fully saturated rings. The van der Waals surface area contributed by atoms with E-state index in [2.05, 4.69) is 54.5 Å². The van der Waals surface area contributed by atoms with Crippen molar-refractivity contribution in [3.8, 4) is 10.6 Å². The zero-order valence-electron chi connectivity index (χ0n) is 14.6. The van der Waals surface area contributed by atoms with Gasteiger partial charge in [-0.15, -0.1) is 16.4 Å². The number of hydrogen-bond acceptors (Lipinski definition) is 4. The van der Waals surface area contributed by atoms with Crippen LogP contribution in [0.25, 0.3) is 26.3 Å². The van der Waals surface area contributed by atoms with Gasteiger partial charge in [0.25, 0.3) is 0 Å². The molecule has 0 saturated heterocycles. The summed E-state index contributed by atoms with van der Waals surface area (Å²) in [5.74, 6) is 0.906. The van der Waals surface area contributed by atoms with E-state index in [4.69, 9.17) is 5.10 Å². The number of fused-ring (bicyclic) bond motifs is 2. The Morgan fingerprint density at radius 2 is 2.00 bits per heavy atom. The average Bonchev–Trinajstić information content (AvgIpc) is 3.17. The fourth-order valence-electron chi connectivity index (χ4n) is 3.11. The fourth-order valence-corrected chi connectivity index (χ4v) is 4.26. The van der Waals surface area contributed by atoms with Gasteiger partial charge in [-0.2, -0.15) is 0 Å². The molecule has 0 aliphatic heterocycles. The van der Waals surface area contributed by atoms with Gasteiger partial charge in [-0.05, 0) is 43.0 Å². The highest BCUT2D eigenvalue weighted by molar-refractivity contribution is 7.22. The van der Waals surface area contributed by atoms with Crippen LogP contribution in [0.3, 0.4) is 0 Å². The maximum Gasteiger partial charge on any atom is 0.154 e. The fraction of sp³-hybridized carbons (Fsp3) is 0.300. The normalized spacial score (nSPS) is 11.4. The van der Waals surface area contributed by atoms with Crippen LogP contribution in [0.1, 0.15) is 31.9 Å². The van der Waals surface area contributed by atoms with Gasteiger partial charge in [0.15, 0.2) is 5.65 Å². The molecule has 5 heteroatoms. The van der Waals surface area contributed by atoms with Crippen molar-refractivity contribution >= 4 is 32.9 Å². The SMILES string of the molecule is CCCCCNc1ccc2nc(C)c(-c3cc4ccccc4s3)n2n1. The molecule has 25 heavy (non-hydrogen) atoms. The van der Waals surface area contributed by atoms with E-state index in [0.29, 0.717) is 0 Å². The number of nitrogens with zero attached hydrogens (tertiary/aromatic N) is 3. The summed E-state index contributed by atoms with van der Waals surface area (Å²) in [7, 11) is 0. The quantitative estimate of drug-likeness (QED) is 0.465. The van der Waals surface area contributed by atoms with Crippen molar-refractivity contribution < 1.29 is 0 Å². The molecule has 0 saturated carbocycles. The van der Waals surface area contributed by atoms with Gasteiger partial charge >= 0.3 is 0 Å². The first kappa shape index (κ1) is 16.1. The van der Waals surface area contributed by atoms with Gasteiger partial charge in [0, 0.05) is 11.2 Å². The largest absolute Gasteiger partial charge is 0.369 e. The van der Waals surface area contributed by atoms with Crippen LogP contribution in [0.4, 0.5) is 5.82 Å². The third kappa shape index (κ3) is 3.12. The Labute approximate surface area is 151 Å². The van der Waals surface area contributed by atoms with Gasteiger partial charge in [0.2, 0.25) is 0 Å². The van der Waals surface area contributed by atoms with Crippen molar-refractivity contribution in [3.05, 3.63) is 48.2 Å². The first-order valence-electron chi connectivity index (χ1n) is 8.85. The van der Waals surface area contributed by atoms with Gasteiger partial charge in [0.1, 0.15) is 11.5 Å². The standard InChI is InChI=1S/C20H22N4S/c1-3-4-7-12-21-18-10-11-19-22-14(2)20(24(19)23-18)17-13-15-8-5-6-9-16(15)25-17/h5-6,8-11,13H,3-4,7,12H2,1-2H3,(H,21,23). The van der Waals surface area contributed by atoms with Gasteiger partial charge < -0.3 is 5.32 Å². The van der Waals surface area contributed by atoms with Gasteiger partial charge in [0.05, 0.1) is 10.6 Å². The molecule has 3 heterocycles. The summed E-state index contributed by atoms with van der Waals surface area (Å²) in [5, 5.41) is 9.49. The Bertz CT molecular complexity index is 982. The smallest absolute Gasteiger partial charge is 0.154 e. The van der Waals surface area contributed by atoms with Crippen LogP contribution in [-0.2, 0) is 0 Å². The minimum Gasteiger partial charge on any atom is -0.369 e. The monoisotopic (exact) mass is 350 g/mol. The van der Waals surface area contributed by atoms with Crippen LogP contribution in [0.15, 0.2) is 42.5 Å². The van der Waals surface area contributed by atoms with Crippen LogP contribution in [-0.4, -0.2) is 21.1 Å². The van der Waals surface area contributed by atoms with Crippen LogP contribution in [0, 0.1) is 6.92 Å². The van der Waals surface area contributed by atoms with Crippen molar-refractivity contribution in [2.75, 3.05) is 11.9 Å². The Hall–Kier alpha value is -2.40. The maximum atomic E-state index is 4.79. The summed E-state index contributed by atoms with van der Waals surface area (Å²) in [6, 6.07) is 14.8. The van der Waals surface area contributed by atoms with Crippen molar-refractivity contribution in [1.82, 2.24) is 14.6 Å². The molecule has 0 aliphatic carbocycles. The summed E-state index contributed by atoms with van der Waals surface area (Å²) < 4.78 is 3.27. The molecule has 3 aromatic heterocycles. The summed E-state index contributed by atoms with van der Waals surface area (Å²) in [4.78, 5) is 5.90. The van der Waals surface area contributed by atoms with Crippen molar-refractivity contribution in [1.29, 1.82) is 0 Å². The van der Waals surface area contributed by atoms with Crippen molar-refractivity contribution in [3.63, 3.8) is 0 Å². The average molecular weight is 350 g/mol. The lowest BCUT2D eigenvalue weighted by atomic mass is 10.2. The molecule has 0 spiro atoms. The minimum absolute atomic E-state index is 0.893. The number of imidazole rings is 1. The van der Waals surface area contributed by atoms with Crippen molar-refractivity contribution in [2.45, 2.75) is 33.1 Å². The number of anilines is 1. The highest BCUT2D eigenvalue weighted by atomic mass is 32.1. The third-order valence-corrected chi connectivity index (χ3v) is 5.52. The van der Waals surface area contributed by atoms with Crippen LogP contribution in [0.5, 0.6) is 0 Å². The molecule has 0 amide bonds. The van der Waals surface area contributed by atoms with E-state index < -0.39 is 0 Å². The Morgan fingerprint density at radius 1 is 1.12 bits per heavy atom. The maximum absolute atomic E-state index is 4.79. The predicted molar refractivity (Wildman–Crippen MR) is 107 cm³/mol. The molecule has 1 aromatic carbocycles. The number of aryl methyl sites for hydroxylation is 1. The number of nitrogens with one attached hydrogen (secondary N) is 1. The van der Waals surface area contributed by atoms with E-state index in [-0.39, 0.29) is 0 Å². The van der Waals surface area contributed by atoms with Crippen molar-refractivity contribution in [2.24, 2.45) is 0 Å². The van der Waals surface area contributed by atoms with Crippen LogP contribution in [0.2, 0.25) is 0 Å². The summed E-state index contributed by atoms with van der Waals surface area (Å²) in [5.41, 5.74) is 3.00. The highest BCUT2D eigenvalue weighted by Gasteiger charge is 2.15. The second-order valence-corrected chi connectivity index (χ2v) is 7.40. The Kier molecular flexibility index (Phi) is 4.40. The number of rotatable bonds is 6. The summed E-state index contributed by atoms with van der Waals surface area (Å²) in [6.45, 7) is 5.23. The molecule has 1 N–H and O–H groups in total. The van der Waals surface area contributed by atoms with E-state index in [1.165, 1.54) is 34.2 Å². The zero-order valence-corrected chi connectivity index (χ0v) is 15.4. The lowest BCUT2D eigenvalue weighted by Gasteiger charge is -2.06. The molecule has 0 unspecified atom stereocenters. The minimum atomic E-state index is 0.893. The molecule has 4 nitrogen and oxygen atoms in total. The van der Waals surface area contributed by atoms with Gasteiger partial charge in [-0.1, -0.05) is 38.0 Å². The van der Waals surface area contributed by atoms with E-state index in [1.807, 2.05) is 16.6 Å². The first-order valence-corrected chi connectivity index (χ1v) is 9.67. The molecule has 0 bridgehead atoms. The van der Waals surface area contributed by atoms with Crippen LogP contribution < -0.4 is 5.32 Å². The zero-order chi connectivity index (χ0) is 17.2. The summed E-state index contributed by atoms with van der Waals surface area (Å²) in [6.07, 6.45) is 3.64. The molecule has 4 rings (SSSR count). The number of hydrogen-bond donors (Lipinski definition) is 1. The molecule has 0 radical (unpaired) electrons. The molecule has 128 valence electrons. The van der Waals surface area contributed by atoms with Crippen LogP contribution >= 0.6 is 11.3 Å². The van der Waals surface area contributed by atoms with E-state index in [0.717, 1.165) is 29.4 Å². The second kappa shape index (κ2) is 6.84. The first-order chi connectivity index (χ1) is 12.3. The second-order valence-electron chi connectivity index (χ2n) is 6.32. The Morgan fingerprint density at radius 3 is 2.84 bits per heavy atom. The van der Waals surface area contributed by atoms with E-state index in [1.54, 1.807) is 11.3 Å². The third-order valence-electron chi connectivity index (χ3n) is 4.40. The van der Waals surface area contributed by atoms with Gasteiger partial charge in [-0.25, -0.2) is 9.50 Å². The molecule has 4 aromatic rings. The van der Waals surface area contributed by atoms with Gasteiger partial charge in [-0.3, -0.25) is 0 Å². The lowest BCUT2D eigenvalue weighted by Crippen LogP contribution is -2.06. The number of benzene rings is 1. The topological polar surface area (TPSA) is 42.2 Å². The highest BCUT2D eigenvalue weighted by Crippen LogP contribution is 2.35. The number of thiophene rings is 1. The lowest BCUT2D eigenvalue weighted by molar-refractivity contribution is 0.740. The summed E-state index contributed by atoms with van der Waals surface area (Å²) >= 11 is 1.79. The number of unbranched alkanes of at least 4 members (excludes halogenated alkanes) is 2.